The van der Waals surface area contributed by atoms with Crippen LogP contribution >= 0.6 is 0 Å². The van der Waals surface area contributed by atoms with Gasteiger partial charge in [0.1, 0.15) is 0 Å². The lowest BCUT2D eigenvalue weighted by Crippen LogP contribution is -2.25. The van der Waals surface area contributed by atoms with Crippen LogP contribution in [0.15, 0.2) is 42.5 Å². The highest BCUT2D eigenvalue weighted by Gasteiger charge is 2.19. The minimum absolute atomic E-state index is 0.514. The van der Waals surface area contributed by atoms with Crippen molar-refractivity contribution in [3.8, 4) is 0 Å². The van der Waals surface area contributed by atoms with Crippen LogP contribution in [0.1, 0.15) is 46.7 Å². The third-order valence-corrected chi connectivity index (χ3v) is 4.63. The fraction of sp³-hybridized carbons (Fsp3) is 0.368. The first-order valence-electron chi connectivity index (χ1n) is 7.62. The minimum Gasteiger partial charge on any atom is -0.306 e. The quantitative estimate of drug-likeness (QED) is 0.863. The van der Waals surface area contributed by atoms with Gasteiger partial charge in [-0.1, -0.05) is 42.5 Å². The lowest BCUT2D eigenvalue weighted by atomic mass is 9.87. The fourth-order valence-corrected chi connectivity index (χ4v) is 3.20. The lowest BCUT2D eigenvalue weighted by molar-refractivity contribution is 0.458. The molecule has 2 aromatic rings. The molecular weight excluding hydrogens is 242 g/mol. The van der Waals surface area contributed by atoms with Gasteiger partial charge in [0.25, 0.3) is 0 Å². The predicted octanol–water partition coefficient (Wildman–Crippen LogP) is 4.47. The van der Waals surface area contributed by atoms with Crippen molar-refractivity contribution in [2.45, 2.75) is 45.7 Å². The topological polar surface area (TPSA) is 12.0 Å². The Balaban J connectivity index is 1.75. The molecule has 1 nitrogen and oxygen atoms in total. The van der Waals surface area contributed by atoms with E-state index in [-0.39, 0.29) is 0 Å². The van der Waals surface area contributed by atoms with Gasteiger partial charge in [0, 0.05) is 12.6 Å². The zero-order chi connectivity index (χ0) is 13.9. The van der Waals surface area contributed by atoms with E-state index in [0.29, 0.717) is 6.04 Å². The fourth-order valence-electron chi connectivity index (χ4n) is 3.20. The van der Waals surface area contributed by atoms with E-state index in [4.69, 9.17) is 0 Å². The first-order chi connectivity index (χ1) is 9.75. The van der Waals surface area contributed by atoms with Crippen LogP contribution in [-0.4, -0.2) is 0 Å². The second kappa shape index (κ2) is 5.80. The summed E-state index contributed by atoms with van der Waals surface area (Å²) < 4.78 is 0. The number of benzene rings is 2. The Morgan fingerprint density at radius 2 is 1.90 bits per heavy atom. The van der Waals surface area contributed by atoms with Crippen LogP contribution in [0.3, 0.4) is 0 Å². The van der Waals surface area contributed by atoms with Gasteiger partial charge in [-0.15, -0.1) is 0 Å². The summed E-state index contributed by atoms with van der Waals surface area (Å²) in [4.78, 5) is 0. The highest BCUT2D eigenvalue weighted by Crippen LogP contribution is 2.29. The van der Waals surface area contributed by atoms with Crippen molar-refractivity contribution >= 4 is 0 Å². The van der Waals surface area contributed by atoms with Gasteiger partial charge in [0.05, 0.1) is 0 Å². The standard InChI is InChI=1S/C19H23N/c1-14-7-5-10-17(15(14)2)13-20-19-12-6-9-16-8-3-4-11-18(16)19/h3-5,7-8,10-11,19-20H,6,9,12-13H2,1-2H3. The number of nitrogens with one attached hydrogen (secondary N) is 1. The van der Waals surface area contributed by atoms with E-state index in [1.165, 1.54) is 47.1 Å². The van der Waals surface area contributed by atoms with Crippen LogP contribution in [0, 0.1) is 13.8 Å². The van der Waals surface area contributed by atoms with Crippen LogP contribution < -0.4 is 5.32 Å². The largest absolute Gasteiger partial charge is 0.306 e. The van der Waals surface area contributed by atoms with Crippen molar-refractivity contribution < 1.29 is 0 Å². The van der Waals surface area contributed by atoms with E-state index < -0.39 is 0 Å². The normalized spacial score (nSPS) is 17.8. The van der Waals surface area contributed by atoms with Gasteiger partial charge in [-0.05, 0) is 60.9 Å². The molecule has 1 aliphatic carbocycles. The molecule has 0 saturated heterocycles. The van der Waals surface area contributed by atoms with Crippen LogP contribution in [0.4, 0.5) is 0 Å². The van der Waals surface area contributed by atoms with E-state index >= 15 is 0 Å². The van der Waals surface area contributed by atoms with Crippen molar-refractivity contribution in [1.29, 1.82) is 0 Å². The zero-order valence-corrected chi connectivity index (χ0v) is 12.4. The smallest absolute Gasteiger partial charge is 0.0326 e. The Labute approximate surface area is 122 Å². The van der Waals surface area contributed by atoms with E-state index in [1.54, 1.807) is 0 Å². The van der Waals surface area contributed by atoms with E-state index in [9.17, 15) is 0 Å². The lowest BCUT2D eigenvalue weighted by Gasteiger charge is -2.27. The summed E-state index contributed by atoms with van der Waals surface area (Å²) in [5.41, 5.74) is 7.26. The van der Waals surface area contributed by atoms with Gasteiger partial charge < -0.3 is 5.32 Å². The molecule has 0 fully saturated rings. The second-order valence-corrected chi connectivity index (χ2v) is 5.88. The van der Waals surface area contributed by atoms with Crippen molar-refractivity contribution in [3.05, 3.63) is 70.3 Å². The molecule has 1 aliphatic rings. The highest BCUT2D eigenvalue weighted by atomic mass is 14.9. The van der Waals surface area contributed by atoms with Gasteiger partial charge in [-0.25, -0.2) is 0 Å². The molecule has 0 bridgehead atoms. The number of hydrogen-bond donors (Lipinski definition) is 1. The summed E-state index contributed by atoms with van der Waals surface area (Å²) in [7, 11) is 0. The SMILES string of the molecule is Cc1cccc(CNC2CCCc3ccccc32)c1C. The molecule has 0 heterocycles. The first kappa shape index (κ1) is 13.4. The molecular formula is C19H23N. The minimum atomic E-state index is 0.514. The number of aryl methyl sites for hydroxylation is 2. The number of hydrogen-bond acceptors (Lipinski definition) is 1. The van der Waals surface area contributed by atoms with Crippen LogP contribution in [-0.2, 0) is 13.0 Å². The summed E-state index contributed by atoms with van der Waals surface area (Å²) in [6.45, 7) is 5.38. The molecule has 0 radical (unpaired) electrons. The molecule has 0 aliphatic heterocycles. The van der Waals surface area contributed by atoms with Crippen LogP contribution in [0.5, 0.6) is 0 Å². The molecule has 3 rings (SSSR count). The van der Waals surface area contributed by atoms with Gasteiger partial charge >= 0.3 is 0 Å². The molecule has 2 aromatic carbocycles. The molecule has 1 atom stereocenters. The average Bonchev–Trinajstić information content (AvgIpc) is 2.49. The number of fused-ring (bicyclic) bond motifs is 1. The molecule has 20 heavy (non-hydrogen) atoms. The average molecular weight is 265 g/mol. The maximum Gasteiger partial charge on any atom is 0.0326 e. The molecule has 1 N–H and O–H groups in total. The van der Waals surface area contributed by atoms with Crippen molar-refractivity contribution in [3.63, 3.8) is 0 Å². The highest BCUT2D eigenvalue weighted by molar-refractivity contribution is 5.34. The Morgan fingerprint density at radius 1 is 1.05 bits per heavy atom. The summed E-state index contributed by atoms with van der Waals surface area (Å²) in [6, 6.07) is 16.0. The molecule has 0 saturated carbocycles. The Bertz CT molecular complexity index is 600. The van der Waals surface area contributed by atoms with Gasteiger partial charge in [-0.3, -0.25) is 0 Å². The van der Waals surface area contributed by atoms with E-state index in [2.05, 4.69) is 61.6 Å². The second-order valence-electron chi connectivity index (χ2n) is 5.88. The first-order valence-corrected chi connectivity index (χ1v) is 7.62. The molecule has 0 spiro atoms. The summed E-state index contributed by atoms with van der Waals surface area (Å²) in [6.07, 6.45) is 3.78. The monoisotopic (exact) mass is 265 g/mol. The number of rotatable bonds is 3. The third-order valence-electron chi connectivity index (χ3n) is 4.63. The zero-order valence-electron chi connectivity index (χ0n) is 12.4. The molecule has 0 amide bonds. The van der Waals surface area contributed by atoms with Crippen LogP contribution in [0.2, 0.25) is 0 Å². The Kier molecular flexibility index (Phi) is 3.88. The van der Waals surface area contributed by atoms with Gasteiger partial charge in [0.15, 0.2) is 0 Å². The summed E-state index contributed by atoms with van der Waals surface area (Å²) >= 11 is 0. The van der Waals surface area contributed by atoms with Crippen molar-refractivity contribution in [2.75, 3.05) is 0 Å². The van der Waals surface area contributed by atoms with Gasteiger partial charge in [0.2, 0.25) is 0 Å². The maximum absolute atomic E-state index is 3.76. The molecule has 1 unspecified atom stereocenters. The van der Waals surface area contributed by atoms with E-state index in [1.807, 2.05) is 0 Å². The van der Waals surface area contributed by atoms with Crippen molar-refractivity contribution in [1.82, 2.24) is 5.32 Å². The summed E-state index contributed by atoms with van der Waals surface area (Å²) in [5, 5.41) is 3.76. The Morgan fingerprint density at radius 3 is 2.80 bits per heavy atom. The molecule has 0 aromatic heterocycles. The van der Waals surface area contributed by atoms with Gasteiger partial charge in [-0.2, -0.15) is 0 Å². The predicted molar refractivity (Wildman–Crippen MR) is 84.9 cm³/mol. The molecule has 104 valence electrons. The third kappa shape index (κ3) is 2.64. The van der Waals surface area contributed by atoms with Crippen molar-refractivity contribution in [2.24, 2.45) is 0 Å². The maximum atomic E-state index is 3.76. The van der Waals surface area contributed by atoms with Crippen LogP contribution in [0.25, 0.3) is 0 Å². The Hall–Kier alpha value is -1.60. The van der Waals surface area contributed by atoms with E-state index in [0.717, 1.165) is 6.54 Å². The summed E-state index contributed by atoms with van der Waals surface area (Å²) in [5.74, 6) is 0. The molecule has 1 heteroatoms.